The van der Waals surface area contributed by atoms with Crippen molar-refractivity contribution in [3.05, 3.63) is 22.4 Å². The standard InChI is InChI=1S/C17H32N4S.HI/c1-5-21(6-2)11-8-10-19-17(18-4)20-14-15(3)13-16-9-7-12-22-16;/h7,9,12,15H,5-6,8,10-11,13-14H2,1-4H3,(H2,18,19,20);1H. The molecule has 1 atom stereocenters. The zero-order valence-corrected chi connectivity index (χ0v) is 18.1. The summed E-state index contributed by atoms with van der Waals surface area (Å²) in [5.74, 6) is 1.52. The molecular weight excluding hydrogens is 419 g/mol. The number of guanidine groups is 1. The first kappa shape index (κ1) is 22.7. The zero-order valence-electron chi connectivity index (χ0n) is 15.0. The summed E-state index contributed by atoms with van der Waals surface area (Å²) in [6.45, 7) is 12.0. The molecule has 2 N–H and O–H groups in total. The lowest BCUT2D eigenvalue weighted by Gasteiger charge is -2.19. The second kappa shape index (κ2) is 14.0. The number of nitrogens with zero attached hydrogens (tertiary/aromatic N) is 2. The Morgan fingerprint density at radius 3 is 2.61 bits per heavy atom. The van der Waals surface area contributed by atoms with Gasteiger partial charge in [-0.25, -0.2) is 0 Å². The first-order chi connectivity index (χ1) is 10.7. The van der Waals surface area contributed by atoms with E-state index in [0.717, 1.165) is 51.5 Å². The second-order valence-corrected chi connectivity index (χ2v) is 6.68. The first-order valence-corrected chi connectivity index (χ1v) is 9.26. The van der Waals surface area contributed by atoms with Crippen molar-refractivity contribution in [1.82, 2.24) is 15.5 Å². The predicted octanol–water partition coefficient (Wildman–Crippen LogP) is 3.44. The predicted molar refractivity (Wildman–Crippen MR) is 114 cm³/mol. The van der Waals surface area contributed by atoms with E-state index in [1.54, 1.807) is 0 Å². The number of hydrogen-bond acceptors (Lipinski definition) is 3. The van der Waals surface area contributed by atoms with E-state index in [4.69, 9.17) is 0 Å². The molecule has 134 valence electrons. The Morgan fingerprint density at radius 1 is 1.30 bits per heavy atom. The van der Waals surface area contributed by atoms with Crippen molar-refractivity contribution in [2.24, 2.45) is 10.9 Å². The lowest BCUT2D eigenvalue weighted by Crippen LogP contribution is -2.40. The summed E-state index contributed by atoms with van der Waals surface area (Å²) in [4.78, 5) is 8.20. The number of hydrogen-bond donors (Lipinski definition) is 2. The van der Waals surface area contributed by atoms with Crippen LogP contribution in [0.1, 0.15) is 32.1 Å². The minimum absolute atomic E-state index is 0. The fourth-order valence-corrected chi connectivity index (χ4v) is 3.25. The normalized spacial score (nSPS) is 12.8. The molecule has 1 unspecified atom stereocenters. The van der Waals surface area contributed by atoms with Crippen LogP contribution in [0.15, 0.2) is 22.5 Å². The number of thiophene rings is 1. The fourth-order valence-electron chi connectivity index (χ4n) is 2.39. The lowest BCUT2D eigenvalue weighted by molar-refractivity contribution is 0.300. The molecule has 0 amide bonds. The summed E-state index contributed by atoms with van der Waals surface area (Å²) in [6, 6.07) is 4.33. The van der Waals surface area contributed by atoms with E-state index < -0.39 is 0 Å². The quantitative estimate of drug-likeness (QED) is 0.247. The topological polar surface area (TPSA) is 39.7 Å². The minimum atomic E-state index is 0. The van der Waals surface area contributed by atoms with Gasteiger partial charge in [-0.3, -0.25) is 4.99 Å². The lowest BCUT2D eigenvalue weighted by atomic mass is 10.1. The highest BCUT2D eigenvalue weighted by Crippen LogP contribution is 2.13. The van der Waals surface area contributed by atoms with Crippen LogP contribution in [-0.2, 0) is 6.42 Å². The average molecular weight is 452 g/mol. The maximum atomic E-state index is 4.30. The van der Waals surface area contributed by atoms with Crippen molar-refractivity contribution >= 4 is 41.3 Å². The van der Waals surface area contributed by atoms with Crippen LogP contribution in [0.2, 0.25) is 0 Å². The molecule has 1 aromatic rings. The molecule has 0 saturated carbocycles. The molecule has 0 radical (unpaired) electrons. The van der Waals surface area contributed by atoms with Crippen LogP contribution in [0.5, 0.6) is 0 Å². The Morgan fingerprint density at radius 2 is 2.04 bits per heavy atom. The van der Waals surface area contributed by atoms with E-state index in [2.05, 4.69) is 58.8 Å². The molecule has 1 rings (SSSR count). The maximum Gasteiger partial charge on any atom is 0.190 e. The van der Waals surface area contributed by atoms with Gasteiger partial charge >= 0.3 is 0 Å². The van der Waals surface area contributed by atoms with Crippen molar-refractivity contribution in [3.63, 3.8) is 0 Å². The monoisotopic (exact) mass is 452 g/mol. The SMILES string of the molecule is CCN(CC)CCCNC(=NC)NCC(C)Cc1cccs1.I. The van der Waals surface area contributed by atoms with Crippen LogP contribution in [-0.4, -0.2) is 50.6 Å². The van der Waals surface area contributed by atoms with E-state index in [0.29, 0.717) is 5.92 Å². The third-order valence-corrected chi connectivity index (χ3v) is 4.71. The number of halogens is 1. The van der Waals surface area contributed by atoms with Crippen LogP contribution in [0.4, 0.5) is 0 Å². The van der Waals surface area contributed by atoms with Crippen LogP contribution in [0.25, 0.3) is 0 Å². The molecule has 1 heterocycles. The van der Waals surface area contributed by atoms with Gasteiger partial charge in [0.15, 0.2) is 5.96 Å². The van der Waals surface area contributed by atoms with Crippen LogP contribution >= 0.6 is 35.3 Å². The first-order valence-electron chi connectivity index (χ1n) is 8.38. The molecular formula is C17H33IN4S. The smallest absolute Gasteiger partial charge is 0.190 e. The van der Waals surface area contributed by atoms with Gasteiger partial charge in [0, 0.05) is 25.0 Å². The summed E-state index contributed by atoms with van der Waals surface area (Å²) >= 11 is 1.84. The Balaban J connectivity index is 0.00000484. The highest BCUT2D eigenvalue weighted by atomic mass is 127. The van der Waals surface area contributed by atoms with E-state index >= 15 is 0 Å². The van der Waals surface area contributed by atoms with Gasteiger partial charge in [0.25, 0.3) is 0 Å². The van der Waals surface area contributed by atoms with Gasteiger partial charge in [0.05, 0.1) is 0 Å². The molecule has 23 heavy (non-hydrogen) atoms. The molecule has 0 spiro atoms. The van der Waals surface area contributed by atoms with Crippen LogP contribution < -0.4 is 10.6 Å². The van der Waals surface area contributed by atoms with Gasteiger partial charge in [0.1, 0.15) is 0 Å². The summed E-state index contributed by atoms with van der Waals surface area (Å²) in [5, 5.41) is 8.97. The molecule has 6 heteroatoms. The van der Waals surface area contributed by atoms with Crippen molar-refractivity contribution in [1.29, 1.82) is 0 Å². The molecule has 0 saturated heterocycles. The Kier molecular flexibility index (Phi) is 13.8. The van der Waals surface area contributed by atoms with E-state index in [1.165, 1.54) is 4.88 Å². The largest absolute Gasteiger partial charge is 0.356 e. The molecule has 0 aliphatic heterocycles. The van der Waals surface area contributed by atoms with E-state index in [9.17, 15) is 0 Å². The van der Waals surface area contributed by atoms with Gasteiger partial charge in [-0.05, 0) is 49.8 Å². The van der Waals surface area contributed by atoms with Gasteiger partial charge in [-0.1, -0.05) is 26.8 Å². The molecule has 4 nitrogen and oxygen atoms in total. The summed E-state index contributed by atoms with van der Waals surface area (Å²) < 4.78 is 0. The number of nitrogens with one attached hydrogen (secondary N) is 2. The minimum Gasteiger partial charge on any atom is -0.356 e. The van der Waals surface area contributed by atoms with Gasteiger partial charge < -0.3 is 15.5 Å². The zero-order chi connectivity index (χ0) is 16.2. The Bertz CT molecular complexity index is 405. The van der Waals surface area contributed by atoms with Crippen molar-refractivity contribution in [2.75, 3.05) is 39.8 Å². The van der Waals surface area contributed by atoms with Crippen LogP contribution in [0.3, 0.4) is 0 Å². The second-order valence-electron chi connectivity index (χ2n) is 5.65. The van der Waals surface area contributed by atoms with Crippen LogP contribution in [0, 0.1) is 5.92 Å². The summed E-state index contributed by atoms with van der Waals surface area (Å²) in [6.07, 6.45) is 2.27. The van der Waals surface area contributed by atoms with E-state index in [1.807, 2.05) is 18.4 Å². The highest BCUT2D eigenvalue weighted by Gasteiger charge is 2.06. The average Bonchev–Trinajstić information content (AvgIpc) is 3.03. The Labute approximate surface area is 163 Å². The molecule has 1 aromatic heterocycles. The maximum absolute atomic E-state index is 4.30. The molecule has 0 bridgehead atoms. The summed E-state index contributed by atoms with van der Waals surface area (Å²) in [5.41, 5.74) is 0. The molecule has 0 aliphatic rings. The van der Waals surface area contributed by atoms with E-state index in [-0.39, 0.29) is 24.0 Å². The fraction of sp³-hybridized carbons (Fsp3) is 0.706. The van der Waals surface area contributed by atoms with Gasteiger partial charge in [-0.15, -0.1) is 35.3 Å². The van der Waals surface area contributed by atoms with Crippen molar-refractivity contribution in [3.8, 4) is 0 Å². The van der Waals surface area contributed by atoms with Crippen molar-refractivity contribution < 1.29 is 0 Å². The summed E-state index contributed by atoms with van der Waals surface area (Å²) in [7, 11) is 1.84. The molecule has 0 aliphatic carbocycles. The highest BCUT2D eigenvalue weighted by molar-refractivity contribution is 14.0. The third kappa shape index (κ3) is 10.2. The van der Waals surface area contributed by atoms with Gasteiger partial charge in [0.2, 0.25) is 0 Å². The Hall–Kier alpha value is -0.340. The molecule has 0 fully saturated rings. The third-order valence-electron chi connectivity index (χ3n) is 3.81. The van der Waals surface area contributed by atoms with Crippen molar-refractivity contribution in [2.45, 2.75) is 33.6 Å². The number of aliphatic imine (C=N–C) groups is 1. The van der Waals surface area contributed by atoms with Gasteiger partial charge in [-0.2, -0.15) is 0 Å². The number of rotatable bonds is 10. The molecule has 0 aromatic carbocycles.